The zero-order chi connectivity index (χ0) is 14.9. The summed E-state index contributed by atoms with van der Waals surface area (Å²) in [4.78, 5) is 23.5. The Morgan fingerprint density at radius 2 is 1.79 bits per heavy atom. The SMILES string of the molecule is CCCCN(CC(F)(F)F)C(=O)CCC(=O)OCC. The number of hydrogen-bond donors (Lipinski definition) is 0. The van der Waals surface area contributed by atoms with E-state index < -0.39 is 24.6 Å². The van der Waals surface area contributed by atoms with Crippen molar-refractivity contribution in [1.29, 1.82) is 0 Å². The molecule has 0 saturated carbocycles. The maximum atomic E-state index is 12.3. The van der Waals surface area contributed by atoms with Crippen molar-refractivity contribution in [3.8, 4) is 0 Å². The third-order valence-electron chi connectivity index (χ3n) is 2.35. The summed E-state index contributed by atoms with van der Waals surface area (Å²) in [6, 6.07) is 0. The second kappa shape index (κ2) is 8.77. The molecular formula is C12H20F3NO3. The van der Waals surface area contributed by atoms with Crippen molar-refractivity contribution in [2.24, 2.45) is 0 Å². The number of carbonyl (C=O) groups excluding carboxylic acids is 2. The number of alkyl halides is 3. The van der Waals surface area contributed by atoms with E-state index in [9.17, 15) is 22.8 Å². The number of rotatable bonds is 8. The number of carbonyl (C=O) groups is 2. The normalized spacial score (nSPS) is 11.2. The zero-order valence-electron chi connectivity index (χ0n) is 11.3. The van der Waals surface area contributed by atoms with Gasteiger partial charge in [-0.1, -0.05) is 13.3 Å². The Kier molecular flexibility index (Phi) is 8.18. The molecule has 0 aromatic carbocycles. The van der Waals surface area contributed by atoms with Crippen molar-refractivity contribution >= 4 is 11.9 Å². The lowest BCUT2D eigenvalue weighted by atomic mass is 10.2. The lowest BCUT2D eigenvalue weighted by Gasteiger charge is -2.23. The van der Waals surface area contributed by atoms with Crippen LogP contribution in [0.2, 0.25) is 0 Å². The van der Waals surface area contributed by atoms with Gasteiger partial charge in [0.25, 0.3) is 0 Å². The van der Waals surface area contributed by atoms with Gasteiger partial charge >= 0.3 is 12.1 Å². The molecule has 0 aromatic heterocycles. The highest BCUT2D eigenvalue weighted by Crippen LogP contribution is 2.17. The number of hydrogen-bond acceptors (Lipinski definition) is 3. The smallest absolute Gasteiger partial charge is 0.406 e. The average molecular weight is 283 g/mol. The highest BCUT2D eigenvalue weighted by Gasteiger charge is 2.32. The lowest BCUT2D eigenvalue weighted by molar-refractivity contribution is -0.162. The van der Waals surface area contributed by atoms with Gasteiger partial charge < -0.3 is 9.64 Å². The third kappa shape index (κ3) is 9.32. The first-order valence-electron chi connectivity index (χ1n) is 6.30. The van der Waals surface area contributed by atoms with E-state index in [2.05, 4.69) is 4.74 Å². The summed E-state index contributed by atoms with van der Waals surface area (Å²) in [5, 5.41) is 0. The molecule has 0 atom stereocenters. The summed E-state index contributed by atoms with van der Waals surface area (Å²) in [5.74, 6) is -1.24. The van der Waals surface area contributed by atoms with E-state index in [4.69, 9.17) is 0 Å². The van der Waals surface area contributed by atoms with Gasteiger partial charge in [-0.15, -0.1) is 0 Å². The van der Waals surface area contributed by atoms with Crippen molar-refractivity contribution in [2.75, 3.05) is 19.7 Å². The molecule has 0 saturated heterocycles. The first-order chi connectivity index (χ1) is 8.80. The number of halogens is 3. The van der Waals surface area contributed by atoms with Crippen LogP contribution in [0, 0.1) is 0 Å². The minimum Gasteiger partial charge on any atom is -0.466 e. The second-order valence-corrected chi connectivity index (χ2v) is 4.09. The molecule has 0 bridgehead atoms. The standard InChI is InChI=1S/C12H20F3NO3/c1-3-5-8-16(9-12(13,14)15)10(17)6-7-11(18)19-4-2/h3-9H2,1-2H3. The van der Waals surface area contributed by atoms with Crippen LogP contribution in [-0.2, 0) is 14.3 Å². The molecule has 0 N–H and O–H groups in total. The van der Waals surface area contributed by atoms with Gasteiger partial charge in [0.2, 0.25) is 5.91 Å². The topological polar surface area (TPSA) is 46.6 Å². The lowest BCUT2D eigenvalue weighted by Crippen LogP contribution is -2.39. The van der Waals surface area contributed by atoms with Gasteiger partial charge in [-0.2, -0.15) is 13.2 Å². The predicted octanol–water partition coefficient (Wildman–Crippen LogP) is 2.52. The number of nitrogens with zero attached hydrogens (tertiary/aromatic N) is 1. The second-order valence-electron chi connectivity index (χ2n) is 4.09. The molecule has 0 aliphatic heterocycles. The Balaban J connectivity index is 4.33. The maximum absolute atomic E-state index is 12.3. The fourth-order valence-corrected chi connectivity index (χ4v) is 1.46. The maximum Gasteiger partial charge on any atom is 0.406 e. The number of unbranched alkanes of at least 4 members (excludes halogenated alkanes) is 1. The van der Waals surface area contributed by atoms with Gasteiger partial charge in [-0.3, -0.25) is 9.59 Å². The highest BCUT2D eigenvalue weighted by molar-refractivity contribution is 5.81. The van der Waals surface area contributed by atoms with Crippen molar-refractivity contribution in [1.82, 2.24) is 4.90 Å². The van der Waals surface area contributed by atoms with Crippen LogP contribution in [0.3, 0.4) is 0 Å². The molecule has 0 aromatic rings. The van der Waals surface area contributed by atoms with E-state index in [0.717, 1.165) is 4.90 Å². The van der Waals surface area contributed by atoms with Gasteiger partial charge in [0, 0.05) is 13.0 Å². The molecule has 0 rings (SSSR count). The molecule has 0 fully saturated rings. The van der Waals surface area contributed by atoms with E-state index >= 15 is 0 Å². The number of ether oxygens (including phenoxy) is 1. The van der Waals surface area contributed by atoms with Crippen LogP contribution < -0.4 is 0 Å². The Hall–Kier alpha value is -1.27. The Morgan fingerprint density at radius 1 is 1.16 bits per heavy atom. The Morgan fingerprint density at radius 3 is 2.26 bits per heavy atom. The molecule has 4 nitrogen and oxygen atoms in total. The Bertz CT molecular complexity index is 292. The van der Waals surface area contributed by atoms with E-state index in [1.165, 1.54) is 0 Å². The fourth-order valence-electron chi connectivity index (χ4n) is 1.46. The van der Waals surface area contributed by atoms with Crippen LogP contribution in [-0.4, -0.2) is 42.6 Å². The van der Waals surface area contributed by atoms with Gasteiger partial charge in [0.1, 0.15) is 6.54 Å². The van der Waals surface area contributed by atoms with Gasteiger partial charge in [0.05, 0.1) is 13.0 Å². The van der Waals surface area contributed by atoms with Crippen LogP contribution in [0.5, 0.6) is 0 Å². The summed E-state index contributed by atoms with van der Waals surface area (Å²) in [6.45, 7) is 2.42. The molecule has 0 radical (unpaired) electrons. The van der Waals surface area contributed by atoms with Crippen molar-refractivity contribution in [3.05, 3.63) is 0 Å². The van der Waals surface area contributed by atoms with Crippen molar-refractivity contribution in [2.45, 2.75) is 45.7 Å². The molecule has 0 spiro atoms. The number of esters is 1. The van der Waals surface area contributed by atoms with Gasteiger partial charge in [-0.25, -0.2) is 0 Å². The van der Waals surface area contributed by atoms with E-state index in [-0.39, 0.29) is 26.0 Å². The molecule has 112 valence electrons. The van der Waals surface area contributed by atoms with Crippen LogP contribution in [0.25, 0.3) is 0 Å². The summed E-state index contributed by atoms with van der Waals surface area (Å²) in [7, 11) is 0. The Labute approximate surface area is 110 Å². The number of amides is 1. The summed E-state index contributed by atoms with van der Waals surface area (Å²) in [6.07, 6.45) is -3.67. The van der Waals surface area contributed by atoms with Crippen LogP contribution in [0.15, 0.2) is 0 Å². The fraction of sp³-hybridized carbons (Fsp3) is 0.833. The monoisotopic (exact) mass is 283 g/mol. The minimum atomic E-state index is -4.42. The van der Waals surface area contributed by atoms with Crippen molar-refractivity contribution < 1.29 is 27.5 Å². The van der Waals surface area contributed by atoms with E-state index in [1.807, 2.05) is 6.92 Å². The molecule has 0 aliphatic carbocycles. The molecular weight excluding hydrogens is 263 g/mol. The average Bonchev–Trinajstić information content (AvgIpc) is 2.30. The molecule has 0 unspecified atom stereocenters. The third-order valence-corrected chi connectivity index (χ3v) is 2.35. The quantitative estimate of drug-likeness (QED) is 0.643. The van der Waals surface area contributed by atoms with Crippen LogP contribution in [0.1, 0.15) is 39.5 Å². The molecule has 0 heterocycles. The van der Waals surface area contributed by atoms with Crippen LogP contribution >= 0.6 is 0 Å². The molecule has 7 heteroatoms. The first kappa shape index (κ1) is 17.7. The van der Waals surface area contributed by atoms with Crippen LogP contribution in [0.4, 0.5) is 13.2 Å². The molecule has 0 aliphatic rings. The van der Waals surface area contributed by atoms with Crippen molar-refractivity contribution in [3.63, 3.8) is 0 Å². The van der Waals surface area contributed by atoms with Gasteiger partial charge in [-0.05, 0) is 13.3 Å². The zero-order valence-corrected chi connectivity index (χ0v) is 11.3. The van der Waals surface area contributed by atoms with E-state index in [0.29, 0.717) is 12.8 Å². The molecule has 19 heavy (non-hydrogen) atoms. The highest BCUT2D eigenvalue weighted by atomic mass is 19.4. The largest absolute Gasteiger partial charge is 0.466 e. The minimum absolute atomic E-state index is 0.0532. The predicted molar refractivity (Wildman–Crippen MR) is 63.4 cm³/mol. The van der Waals surface area contributed by atoms with E-state index in [1.54, 1.807) is 6.92 Å². The summed E-state index contributed by atoms with van der Waals surface area (Å²) in [5.41, 5.74) is 0. The molecule has 1 amide bonds. The van der Waals surface area contributed by atoms with Gasteiger partial charge in [0.15, 0.2) is 0 Å². The first-order valence-corrected chi connectivity index (χ1v) is 6.30. The summed E-state index contributed by atoms with van der Waals surface area (Å²) < 4.78 is 41.6. The summed E-state index contributed by atoms with van der Waals surface area (Å²) >= 11 is 0.